The van der Waals surface area contributed by atoms with E-state index < -0.39 is 12.7 Å². The summed E-state index contributed by atoms with van der Waals surface area (Å²) in [7, 11) is 1.87. The van der Waals surface area contributed by atoms with Crippen molar-refractivity contribution >= 4 is 0 Å². The zero-order chi connectivity index (χ0) is 14.5. The van der Waals surface area contributed by atoms with Gasteiger partial charge in [0.25, 0.3) is 0 Å². The first-order valence-corrected chi connectivity index (χ1v) is 7.31. The normalized spacial score (nSPS) is 20.2. The first-order valence-electron chi connectivity index (χ1n) is 7.31. The van der Waals surface area contributed by atoms with Gasteiger partial charge in [0.2, 0.25) is 0 Å². The number of nitrogens with zero attached hydrogens (tertiary/aromatic N) is 1. The molecular formula is C14H27F3N2. The van der Waals surface area contributed by atoms with Crippen LogP contribution in [-0.4, -0.2) is 43.3 Å². The van der Waals surface area contributed by atoms with Crippen LogP contribution in [0.1, 0.15) is 46.0 Å². The standard InChI is InChI=1S/C14H27F3N2/c1-11(2)19(10-14(15,16)17)9-13(18-3)12-7-5-4-6-8-12/h11-13,18H,4-10H2,1-3H3. The van der Waals surface area contributed by atoms with E-state index in [1.165, 1.54) is 24.2 Å². The van der Waals surface area contributed by atoms with Crippen LogP contribution in [0.15, 0.2) is 0 Å². The maximum absolute atomic E-state index is 12.6. The molecule has 1 aliphatic carbocycles. The van der Waals surface area contributed by atoms with E-state index >= 15 is 0 Å². The van der Waals surface area contributed by atoms with Gasteiger partial charge in [-0.15, -0.1) is 0 Å². The molecule has 0 aromatic heterocycles. The van der Waals surface area contributed by atoms with Crippen molar-refractivity contribution in [2.75, 3.05) is 20.1 Å². The van der Waals surface area contributed by atoms with Gasteiger partial charge in [-0.2, -0.15) is 13.2 Å². The Balaban J connectivity index is 2.58. The number of hydrogen-bond donors (Lipinski definition) is 1. The van der Waals surface area contributed by atoms with E-state index in [0.717, 1.165) is 12.8 Å². The number of nitrogens with one attached hydrogen (secondary N) is 1. The van der Waals surface area contributed by atoms with Gasteiger partial charge in [-0.1, -0.05) is 19.3 Å². The highest BCUT2D eigenvalue weighted by Gasteiger charge is 2.34. The van der Waals surface area contributed by atoms with Gasteiger partial charge in [-0.25, -0.2) is 0 Å². The molecule has 1 aliphatic rings. The van der Waals surface area contributed by atoms with Gasteiger partial charge < -0.3 is 5.32 Å². The predicted molar refractivity (Wildman–Crippen MR) is 72.2 cm³/mol. The molecule has 1 N–H and O–H groups in total. The van der Waals surface area contributed by atoms with Crippen LogP contribution in [0.25, 0.3) is 0 Å². The highest BCUT2D eigenvalue weighted by atomic mass is 19.4. The van der Waals surface area contributed by atoms with Crippen molar-refractivity contribution in [3.63, 3.8) is 0 Å². The van der Waals surface area contributed by atoms with Gasteiger partial charge in [0.15, 0.2) is 0 Å². The van der Waals surface area contributed by atoms with Crippen molar-refractivity contribution in [3.05, 3.63) is 0 Å². The first kappa shape index (κ1) is 16.8. The van der Waals surface area contributed by atoms with E-state index in [0.29, 0.717) is 12.5 Å². The van der Waals surface area contributed by atoms with Gasteiger partial charge >= 0.3 is 6.18 Å². The Morgan fingerprint density at radius 3 is 2.16 bits per heavy atom. The van der Waals surface area contributed by atoms with Gasteiger partial charge in [0.05, 0.1) is 6.54 Å². The number of likely N-dealkylation sites (N-methyl/N-ethyl adjacent to an activating group) is 1. The Hall–Kier alpha value is -0.290. The Labute approximate surface area is 114 Å². The lowest BCUT2D eigenvalue weighted by Crippen LogP contribution is -2.49. The molecule has 0 radical (unpaired) electrons. The van der Waals surface area contributed by atoms with Crippen LogP contribution in [0.2, 0.25) is 0 Å². The Morgan fingerprint density at radius 2 is 1.74 bits per heavy atom. The van der Waals surface area contributed by atoms with E-state index in [1.54, 1.807) is 0 Å². The minimum absolute atomic E-state index is 0.0823. The van der Waals surface area contributed by atoms with E-state index in [4.69, 9.17) is 0 Å². The summed E-state index contributed by atoms with van der Waals surface area (Å²) < 4.78 is 37.8. The maximum atomic E-state index is 12.6. The van der Waals surface area contributed by atoms with Gasteiger partial charge in [-0.05, 0) is 39.7 Å². The van der Waals surface area contributed by atoms with Gasteiger partial charge in [0, 0.05) is 18.6 Å². The minimum Gasteiger partial charge on any atom is -0.315 e. The van der Waals surface area contributed by atoms with Gasteiger partial charge in [-0.3, -0.25) is 4.90 Å². The third-order valence-corrected chi connectivity index (χ3v) is 4.13. The smallest absolute Gasteiger partial charge is 0.315 e. The topological polar surface area (TPSA) is 15.3 Å². The summed E-state index contributed by atoms with van der Waals surface area (Å²) in [4.78, 5) is 1.54. The van der Waals surface area contributed by atoms with Crippen LogP contribution in [0.3, 0.4) is 0 Å². The molecule has 0 amide bonds. The maximum Gasteiger partial charge on any atom is 0.401 e. The van der Waals surface area contributed by atoms with Crippen molar-refractivity contribution in [1.29, 1.82) is 0 Å². The van der Waals surface area contributed by atoms with Crippen molar-refractivity contribution in [2.45, 2.75) is 64.2 Å². The molecule has 0 aliphatic heterocycles. The number of halogens is 3. The molecule has 0 saturated heterocycles. The fourth-order valence-corrected chi connectivity index (χ4v) is 2.95. The summed E-state index contributed by atoms with van der Waals surface area (Å²) in [6.07, 6.45) is 1.86. The highest BCUT2D eigenvalue weighted by molar-refractivity contribution is 4.83. The van der Waals surface area contributed by atoms with Gasteiger partial charge in [0.1, 0.15) is 0 Å². The summed E-state index contributed by atoms with van der Waals surface area (Å²) in [6, 6.07) is 0.0890. The Bertz CT molecular complexity index is 248. The van der Waals surface area contributed by atoms with E-state index in [1.807, 2.05) is 20.9 Å². The second-order valence-corrected chi connectivity index (χ2v) is 5.93. The van der Waals surface area contributed by atoms with Crippen molar-refractivity contribution in [2.24, 2.45) is 5.92 Å². The fourth-order valence-electron chi connectivity index (χ4n) is 2.95. The van der Waals surface area contributed by atoms with Crippen molar-refractivity contribution in [3.8, 4) is 0 Å². The second-order valence-electron chi connectivity index (χ2n) is 5.93. The third kappa shape index (κ3) is 6.13. The lowest BCUT2D eigenvalue weighted by atomic mass is 9.83. The molecule has 19 heavy (non-hydrogen) atoms. The molecule has 1 fully saturated rings. The molecule has 0 heterocycles. The second kappa shape index (κ2) is 7.48. The molecule has 0 spiro atoms. The molecule has 0 aromatic rings. The largest absolute Gasteiger partial charge is 0.401 e. The lowest BCUT2D eigenvalue weighted by molar-refractivity contribution is -0.150. The molecule has 0 aromatic carbocycles. The Kier molecular flexibility index (Phi) is 6.60. The summed E-state index contributed by atoms with van der Waals surface area (Å²) in [5.74, 6) is 0.522. The fraction of sp³-hybridized carbons (Fsp3) is 1.00. The predicted octanol–water partition coefficient (Wildman–Crippen LogP) is 3.43. The van der Waals surface area contributed by atoms with E-state index in [-0.39, 0.29) is 12.1 Å². The van der Waals surface area contributed by atoms with Crippen LogP contribution in [-0.2, 0) is 0 Å². The molecule has 2 nitrogen and oxygen atoms in total. The number of rotatable bonds is 6. The average Bonchev–Trinajstić information content (AvgIpc) is 2.33. The van der Waals surface area contributed by atoms with Crippen molar-refractivity contribution in [1.82, 2.24) is 10.2 Å². The lowest BCUT2D eigenvalue weighted by Gasteiger charge is -2.36. The third-order valence-electron chi connectivity index (χ3n) is 4.13. The molecule has 1 atom stereocenters. The highest BCUT2D eigenvalue weighted by Crippen LogP contribution is 2.27. The molecular weight excluding hydrogens is 253 g/mol. The van der Waals surface area contributed by atoms with Crippen LogP contribution < -0.4 is 5.32 Å². The van der Waals surface area contributed by atoms with Crippen molar-refractivity contribution < 1.29 is 13.2 Å². The molecule has 0 bridgehead atoms. The average molecular weight is 280 g/mol. The van der Waals surface area contributed by atoms with Crippen LogP contribution in [0.4, 0.5) is 13.2 Å². The molecule has 5 heteroatoms. The Morgan fingerprint density at radius 1 is 1.16 bits per heavy atom. The molecule has 114 valence electrons. The summed E-state index contributed by atoms with van der Waals surface area (Å²) in [5.41, 5.74) is 0. The monoisotopic (exact) mass is 280 g/mol. The SMILES string of the molecule is CNC(CN(CC(F)(F)F)C(C)C)C1CCCCC1. The molecule has 1 rings (SSSR count). The number of hydrogen-bond acceptors (Lipinski definition) is 2. The van der Waals surface area contributed by atoms with E-state index in [9.17, 15) is 13.2 Å². The molecule has 1 saturated carbocycles. The molecule has 1 unspecified atom stereocenters. The van der Waals surface area contributed by atoms with E-state index in [2.05, 4.69) is 5.32 Å². The zero-order valence-corrected chi connectivity index (χ0v) is 12.3. The number of alkyl halides is 3. The van der Waals surface area contributed by atoms with Crippen LogP contribution >= 0.6 is 0 Å². The van der Waals surface area contributed by atoms with Crippen LogP contribution in [0.5, 0.6) is 0 Å². The summed E-state index contributed by atoms with van der Waals surface area (Å²) in [6.45, 7) is 3.34. The minimum atomic E-state index is -4.12. The zero-order valence-electron chi connectivity index (χ0n) is 12.3. The summed E-state index contributed by atoms with van der Waals surface area (Å²) in [5, 5.41) is 3.23. The first-order chi connectivity index (χ1) is 8.83. The summed E-state index contributed by atoms with van der Waals surface area (Å²) >= 11 is 0. The quantitative estimate of drug-likeness (QED) is 0.802. The van der Waals surface area contributed by atoms with Crippen LogP contribution in [0, 0.1) is 5.92 Å².